The second-order valence-electron chi connectivity index (χ2n) is 6.29. The van der Waals surface area contributed by atoms with E-state index in [1.165, 1.54) is 17.0 Å². The Morgan fingerprint density at radius 3 is 2.64 bits per heavy atom. The number of anilines is 1. The number of carbonyl (C=O) groups is 2. The van der Waals surface area contributed by atoms with Gasteiger partial charge >= 0.3 is 0 Å². The molecule has 0 aliphatic carbocycles. The second kappa shape index (κ2) is 8.11. The van der Waals surface area contributed by atoms with Crippen molar-refractivity contribution in [3.05, 3.63) is 58.6 Å². The summed E-state index contributed by atoms with van der Waals surface area (Å²) in [6.45, 7) is -0.168. The lowest BCUT2D eigenvalue weighted by molar-refractivity contribution is -0.120. The van der Waals surface area contributed by atoms with Crippen LogP contribution in [0.25, 0.3) is 0 Å². The first-order valence-electron chi connectivity index (χ1n) is 8.54. The van der Waals surface area contributed by atoms with Gasteiger partial charge in [-0.15, -0.1) is 0 Å². The summed E-state index contributed by atoms with van der Waals surface area (Å²) in [5.41, 5.74) is 7.49. The molecule has 0 saturated heterocycles. The highest BCUT2D eigenvalue weighted by Gasteiger charge is 2.32. The molecule has 1 heterocycles. The Morgan fingerprint density at radius 1 is 1.29 bits per heavy atom. The zero-order valence-electron chi connectivity index (χ0n) is 14.8. The minimum atomic E-state index is -0.879. The van der Waals surface area contributed by atoms with E-state index in [1.807, 2.05) is 6.07 Å². The van der Waals surface area contributed by atoms with E-state index in [4.69, 9.17) is 17.3 Å². The third-order valence-electron chi connectivity index (χ3n) is 4.37. The van der Waals surface area contributed by atoms with Gasteiger partial charge in [-0.25, -0.2) is 0 Å². The Labute approximate surface area is 166 Å². The molecular formula is C20H17ClN4O3. The number of halogens is 1. The number of amides is 2. The van der Waals surface area contributed by atoms with Gasteiger partial charge in [0.1, 0.15) is 18.3 Å². The smallest absolute Gasteiger partial charge is 0.252 e. The largest absolute Gasteiger partial charge is 0.508 e. The summed E-state index contributed by atoms with van der Waals surface area (Å²) < 4.78 is 0. The van der Waals surface area contributed by atoms with E-state index < -0.39 is 11.9 Å². The topological polar surface area (TPSA) is 120 Å². The lowest BCUT2D eigenvalue weighted by atomic mass is 10.00. The van der Waals surface area contributed by atoms with Crippen LogP contribution in [0.5, 0.6) is 5.75 Å². The zero-order chi connectivity index (χ0) is 20.3. The number of aromatic hydroxyl groups is 1. The maximum Gasteiger partial charge on any atom is 0.252 e. The highest BCUT2D eigenvalue weighted by atomic mass is 35.5. The van der Waals surface area contributed by atoms with Gasteiger partial charge in [-0.1, -0.05) is 11.6 Å². The number of nitrogens with two attached hydrogens (primary N) is 1. The fourth-order valence-corrected chi connectivity index (χ4v) is 3.23. The Kier molecular flexibility index (Phi) is 5.62. The van der Waals surface area contributed by atoms with Gasteiger partial charge in [0.25, 0.3) is 5.91 Å². The second-order valence-corrected chi connectivity index (χ2v) is 6.73. The summed E-state index contributed by atoms with van der Waals surface area (Å²) in [5.74, 6) is -0.831. The van der Waals surface area contributed by atoms with Crippen molar-refractivity contribution in [3.8, 4) is 11.8 Å². The molecule has 28 heavy (non-hydrogen) atoms. The SMILES string of the molecule is N#CCN1C(=O)C(CCC(N)=O)N=C(c2ccc(O)cc2)c2cc(Cl)ccc21. The van der Waals surface area contributed by atoms with Gasteiger partial charge in [0, 0.05) is 22.6 Å². The molecule has 2 aromatic carbocycles. The molecule has 7 nitrogen and oxygen atoms in total. The molecule has 0 fully saturated rings. The van der Waals surface area contributed by atoms with E-state index in [0.29, 0.717) is 27.5 Å². The third-order valence-corrected chi connectivity index (χ3v) is 4.61. The van der Waals surface area contributed by atoms with Crippen LogP contribution in [0.2, 0.25) is 5.02 Å². The highest BCUT2D eigenvalue weighted by Crippen LogP contribution is 2.32. The highest BCUT2D eigenvalue weighted by molar-refractivity contribution is 6.32. The van der Waals surface area contributed by atoms with E-state index in [-0.39, 0.29) is 31.0 Å². The van der Waals surface area contributed by atoms with E-state index in [9.17, 15) is 20.0 Å². The molecule has 3 rings (SSSR count). The molecule has 2 amide bonds. The van der Waals surface area contributed by atoms with Crippen molar-refractivity contribution >= 4 is 34.8 Å². The fraction of sp³-hybridized carbons (Fsp3) is 0.200. The van der Waals surface area contributed by atoms with Gasteiger partial charge in [-0.3, -0.25) is 19.5 Å². The van der Waals surface area contributed by atoms with Gasteiger partial charge in [-0.2, -0.15) is 5.26 Å². The van der Waals surface area contributed by atoms with E-state index in [2.05, 4.69) is 4.99 Å². The van der Waals surface area contributed by atoms with Crippen molar-refractivity contribution in [1.82, 2.24) is 0 Å². The molecule has 0 spiro atoms. The van der Waals surface area contributed by atoms with Gasteiger partial charge < -0.3 is 10.8 Å². The lowest BCUT2D eigenvalue weighted by Crippen LogP contribution is -2.38. The van der Waals surface area contributed by atoms with Gasteiger partial charge in [-0.05, 0) is 48.9 Å². The summed E-state index contributed by atoms with van der Waals surface area (Å²) in [4.78, 5) is 30.3. The fourth-order valence-electron chi connectivity index (χ4n) is 3.06. The quantitative estimate of drug-likeness (QED) is 0.754. The average molecular weight is 397 g/mol. The molecule has 1 aliphatic heterocycles. The molecule has 1 aliphatic rings. The van der Waals surface area contributed by atoms with Crippen LogP contribution >= 0.6 is 11.6 Å². The molecule has 0 aromatic heterocycles. The van der Waals surface area contributed by atoms with Crippen LogP contribution in [-0.2, 0) is 9.59 Å². The molecule has 0 bridgehead atoms. The van der Waals surface area contributed by atoms with Crippen molar-refractivity contribution in [3.63, 3.8) is 0 Å². The van der Waals surface area contributed by atoms with Crippen LogP contribution in [0.3, 0.4) is 0 Å². The Bertz CT molecular complexity index is 996. The number of primary amides is 1. The minimum Gasteiger partial charge on any atom is -0.508 e. The Morgan fingerprint density at radius 2 is 2.00 bits per heavy atom. The number of phenols is 1. The average Bonchev–Trinajstić information content (AvgIpc) is 2.77. The number of fused-ring (bicyclic) bond motifs is 1. The van der Waals surface area contributed by atoms with E-state index >= 15 is 0 Å². The van der Waals surface area contributed by atoms with Crippen molar-refractivity contribution in [2.24, 2.45) is 10.7 Å². The van der Waals surface area contributed by atoms with Gasteiger partial charge in [0.05, 0.1) is 17.5 Å². The predicted molar refractivity (Wildman–Crippen MR) is 105 cm³/mol. The van der Waals surface area contributed by atoms with Crippen LogP contribution in [0.4, 0.5) is 5.69 Å². The zero-order valence-corrected chi connectivity index (χ0v) is 15.6. The van der Waals surface area contributed by atoms with Crippen molar-refractivity contribution in [2.45, 2.75) is 18.9 Å². The van der Waals surface area contributed by atoms with Crippen LogP contribution < -0.4 is 10.6 Å². The number of nitrogens with zero attached hydrogens (tertiary/aromatic N) is 3. The summed E-state index contributed by atoms with van der Waals surface area (Å²) in [6.07, 6.45) is 0.111. The summed E-state index contributed by atoms with van der Waals surface area (Å²) in [6, 6.07) is 12.5. The number of rotatable bonds is 5. The molecular weight excluding hydrogens is 380 g/mol. The minimum absolute atomic E-state index is 0.0136. The molecule has 0 saturated carbocycles. The van der Waals surface area contributed by atoms with Crippen LogP contribution in [-0.4, -0.2) is 35.2 Å². The first-order valence-corrected chi connectivity index (χ1v) is 8.92. The predicted octanol–water partition coefficient (Wildman–Crippen LogP) is 2.39. The standard InChI is InChI=1S/C20H17ClN4O3/c21-13-3-7-17-15(11-13)19(12-1-4-14(26)5-2-12)24-16(6-8-18(23)27)20(28)25(17)10-9-22/h1-5,7,11,16,26H,6,8,10H2,(H2,23,27). The van der Waals surface area contributed by atoms with Crippen molar-refractivity contribution < 1.29 is 14.7 Å². The third kappa shape index (κ3) is 3.97. The van der Waals surface area contributed by atoms with E-state index in [1.54, 1.807) is 30.3 Å². The lowest BCUT2D eigenvalue weighted by Gasteiger charge is -2.22. The number of nitriles is 1. The van der Waals surface area contributed by atoms with Crippen molar-refractivity contribution in [2.75, 3.05) is 11.4 Å². The number of hydrogen-bond donors (Lipinski definition) is 2. The summed E-state index contributed by atoms with van der Waals surface area (Å²) in [5, 5.41) is 19.3. The van der Waals surface area contributed by atoms with Crippen LogP contribution in [0.15, 0.2) is 47.5 Å². The van der Waals surface area contributed by atoms with Crippen molar-refractivity contribution in [1.29, 1.82) is 5.26 Å². The van der Waals surface area contributed by atoms with Crippen LogP contribution in [0, 0.1) is 11.3 Å². The number of hydrogen-bond acceptors (Lipinski definition) is 5. The molecule has 0 radical (unpaired) electrons. The molecule has 142 valence electrons. The monoisotopic (exact) mass is 396 g/mol. The van der Waals surface area contributed by atoms with Gasteiger partial charge in [0.15, 0.2) is 0 Å². The number of phenolic OH excluding ortho intramolecular Hbond substituents is 1. The molecule has 2 aromatic rings. The molecule has 3 N–H and O–H groups in total. The Balaban J connectivity index is 2.20. The number of carbonyl (C=O) groups excluding carboxylic acids is 2. The number of benzodiazepines with no additional fused rings is 1. The first-order chi connectivity index (χ1) is 13.4. The maximum absolute atomic E-state index is 13.1. The summed E-state index contributed by atoms with van der Waals surface area (Å²) in [7, 11) is 0. The van der Waals surface area contributed by atoms with E-state index in [0.717, 1.165) is 0 Å². The van der Waals surface area contributed by atoms with Crippen LogP contribution in [0.1, 0.15) is 24.0 Å². The maximum atomic E-state index is 13.1. The number of benzene rings is 2. The number of aliphatic imine (C=N–C) groups is 1. The van der Waals surface area contributed by atoms with Gasteiger partial charge in [0.2, 0.25) is 5.91 Å². The molecule has 8 heteroatoms. The molecule has 1 unspecified atom stereocenters. The normalized spacial score (nSPS) is 16.0. The first kappa shape index (κ1) is 19.4. The Hall–Kier alpha value is -3.37. The molecule has 1 atom stereocenters. The summed E-state index contributed by atoms with van der Waals surface area (Å²) >= 11 is 6.18.